The molecule has 8 heteroatoms. The minimum Gasteiger partial charge on any atom is -0.403 e. The van der Waals surface area contributed by atoms with Crippen LogP contribution >= 0.6 is 0 Å². The number of Topliss-reactive ketones (excluding diaryl/α,β-unsaturated/α-hetero) is 1. The second-order valence-corrected chi connectivity index (χ2v) is 4.51. The molecule has 23 heavy (non-hydrogen) atoms. The number of aliphatic hydroxyl groups is 1. The smallest absolute Gasteiger partial charge is 0.403 e. The molecular weight excluding hydrogens is 304 g/mol. The summed E-state index contributed by atoms with van der Waals surface area (Å²) >= 11 is 0. The molecule has 0 aliphatic heterocycles. The fourth-order valence-corrected chi connectivity index (χ4v) is 2.03. The van der Waals surface area contributed by atoms with Crippen molar-refractivity contribution in [2.24, 2.45) is 5.73 Å². The van der Waals surface area contributed by atoms with Gasteiger partial charge in [0.25, 0.3) is 0 Å². The zero-order chi connectivity index (χ0) is 17.0. The Morgan fingerprint density at radius 3 is 2.35 bits per heavy atom. The zero-order valence-electron chi connectivity index (χ0n) is 11.7. The van der Waals surface area contributed by atoms with E-state index in [4.69, 9.17) is 5.73 Å². The lowest BCUT2D eigenvalue weighted by atomic mass is 9.98. The number of aliphatic hydroxyl groups excluding tert-OH is 1. The van der Waals surface area contributed by atoms with Crippen molar-refractivity contribution < 1.29 is 24.4 Å². The molecule has 0 spiro atoms. The summed E-state index contributed by atoms with van der Waals surface area (Å²) in [4.78, 5) is 33.6. The van der Waals surface area contributed by atoms with Crippen LogP contribution in [0.2, 0.25) is 0 Å². The molecule has 3 N–H and O–H groups in total. The second-order valence-electron chi connectivity index (χ2n) is 4.51. The van der Waals surface area contributed by atoms with Crippen molar-refractivity contribution in [2.45, 2.75) is 6.10 Å². The van der Waals surface area contributed by atoms with Crippen molar-refractivity contribution in [3.05, 3.63) is 69.8 Å². The molecule has 0 saturated heterocycles. The van der Waals surface area contributed by atoms with E-state index in [2.05, 4.69) is 4.74 Å². The molecule has 118 valence electrons. The minimum absolute atomic E-state index is 0.285. The molecule has 0 aromatic heterocycles. The lowest BCUT2D eigenvalue weighted by Gasteiger charge is -2.11. The van der Waals surface area contributed by atoms with Gasteiger partial charge in [0.05, 0.1) is 4.92 Å². The van der Waals surface area contributed by atoms with E-state index in [9.17, 15) is 24.8 Å². The highest BCUT2D eigenvalue weighted by Gasteiger charge is 2.30. The number of carbonyl (C=O) groups excluding carboxylic acids is 2. The van der Waals surface area contributed by atoms with Gasteiger partial charge in [-0.05, 0) is 17.7 Å². The van der Waals surface area contributed by atoms with Crippen LogP contribution in [-0.2, 0) is 0 Å². The van der Waals surface area contributed by atoms with Crippen LogP contribution in [0, 0.1) is 10.1 Å². The van der Waals surface area contributed by atoms with Crippen LogP contribution in [0.5, 0.6) is 5.75 Å². The molecule has 0 radical (unpaired) electrons. The van der Waals surface area contributed by atoms with Crippen LogP contribution in [0.3, 0.4) is 0 Å². The van der Waals surface area contributed by atoms with Crippen LogP contribution in [0.4, 0.5) is 10.5 Å². The van der Waals surface area contributed by atoms with Gasteiger partial charge < -0.3 is 15.6 Å². The summed E-state index contributed by atoms with van der Waals surface area (Å²) in [6, 6.07) is 11.5. The number of carbonyl (C=O) groups is 2. The number of nitro groups is 1. The molecule has 0 bridgehead atoms. The highest BCUT2D eigenvalue weighted by Crippen LogP contribution is 2.33. The number of para-hydroxylation sites is 1. The van der Waals surface area contributed by atoms with E-state index >= 15 is 0 Å². The SMILES string of the molecule is NC(=O)Oc1cccc(C(=O)C(O)c2ccccc2)c1[N+](=O)[O-]. The van der Waals surface area contributed by atoms with E-state index in [-0.39, 0.29) is 11.1 Å². The molecule has 2 rings (SSSR count). The monoisotopic (exact) mass is 316 g/mol. The molecule has 2 aromatic carbocycles. The zero-order valence-corrected chi connectivity index (χ0v) is 11.7. The van der Waals surface area contributed by atoms with Crippen LogP contribution in [0.1, 0.15) is 22.0 Å². The molecule has 0 saturated carbocycles. The Labute approximate surface area is 130 Å². The Hall–Kier alpha value is -3.26. The average Bonchev–Trinajstić information content (AvgIpc) is 2.53. The third-order valence-electron chi connectivity index (χ3n) is 3.02. The first-order valence-corrected chi connectivity index (χ1v) is 6.43. The standard InChI is InChI=1S/C15H12N2O6/c16-15(20)23-11-8-4-7-10(12(11)17(21)22)14(19)13(18)9-5-2-1-3-6-9/h1-8,13,18H,(H2,16,20). The van der Waals surface area contributed by atoms with Crippen LogP contribution < -0.4 is 10.5 Å². The molecule has 1 unspecified atom stereocenters. The van der Waals surface area contributed by atoms with Gasteiger partial charge in [-0.2, -0.15) is 0 Å². The number of amides is 1. The molecule has 2 aromatic rings. The van der Waals surface area contributed by atoms with Crippen molar-refractivity contribution in [3.63, 3.8) is 0 Å². The number of rotatable bonds is 5. The topological polar surface area (TPSA) is 133 Å². The van der Waals surface area contributed by atoms with E-state index in [0.717, 1.165) is 6.07 Å². The van der Waals surface area contributed by atoms with Crippen molar-refractivity contribution in [3.8, 4) is 5.75 Å². The van der Waals surface area contributed by atoms with Crippen LogP contribution in [0.15, 0.2) is 48.5 Å². The van der Waals surface area contributed by atoms with Crippen molar-refractivity contribution in [2.75, 3.05) is 0 Å². The Morgan fingerprint density at radius 1 is 1.13 bits per heavy atom. The van der Waals surface area contributed by atoms with Crippen molar-refractivity contribution in [1.29, 1.82) is 0 Å². The highest BCUT2D eigenvalue weighted by molar-refractivity contribution is 6.04. The Bertz CT molecular complexity index is 760. The molecular formula is C15H12N2O6. The first-order valence-electron chi connectivity index (χ1n) is 6.43. The lowest BCUT2D eigenvalue weighted by molar-refractivity contribution is -0.385. The number of hydrogen-bond donors (Lipinski definition) is 2. The number of primary amides is 1. The fourth-order valence-electron chi connectivity index (χ4n) is 2.03. The third-order valence-corrected chi connectivity index (χ3v) is 3.02. The number of nitrogens with zero attached hydrogens (tertiary/aromatic N) is 1. The number of hydrogen-bond acceptors (Lipinski definition) is 6. The molecule has 8 nitrogen and oxygen atoms in total. The average molecular weight is 316 g/mol. The van der Waals surface area contributed by atoms with E-state index in [1.54, 1.807) is 18.2 Å². The summed E-state index contributed by atoms with van der Waals surface area (Å²) in [5.41, 5.74) is 4.02. The van der Waals surface area contributed by atoms with Gasteiger partial charge in [0, 0.05) is 0 Å². The molecule has 0 fully saturated rings. The Kier molecular flexibility index (Phi) is 4.67. The summed E-state index contributed by atoms with van der Waals surface area (Å²) in [5, 5.41) is 21.3. The maximum absolute atomic E-state index is 12.4. The lowest BCUT2D eigenvalue weighted by Crippen LogP contribution is -2.19. The molecule has 0 heterocycles. The maximum atomic E-state index is 12.4. The van der Waals surface area contributed by atoms with Gasteiger partial charge >= 0.3 is 11.8 Å². The number of nitrogens with two attached hydrogens (primary N) is 1. The largest absolute Gasteiger partial charge is 0.410 e. The third kappa shape index (κ3) is 3.50. The van der Waals surface area contributed by atoms with E-state index < -0.39 is 34.3 Å². The summed E-state index contributed by atoms with van der Waals surface area (Å²) in [7, 11) is 0. The predicted molar refractivity (Wildman–Crippen MR) is 79.0 cm³/mol. The minimum atomic E-state index is -1.58. The first-order chi connectivity index (χ1) is 10.9. The molecule has 1 amide bonds. The van der Waals surface area contributed by atoms with Gasteiger partial charge in [-0.3, -0.25) is 14.9 Å². The molecule has 0 aliphatic rings. The first kappa shape index (κ1) is 16.1. The Balaban J connectivity index is 2.48. The number of ketones is 1. The van der Waals surface area contributed by atoms with E-state index in [1.807, 2.05) is 0 Å². The van der Waals surface area contributed by atoms with E-state index in [0.29, 0.717) is 0 Å². The van der Waals surface area contributed by atoms with Crippen molar-refractivity contribution >= 4 is 17.6 Å². The second kappa shape index (κ2) is 6.67. The van der Waals surface area contributed by atoms with Gasteiger partial charge in [0.2, 0.25) is 11.5 Å². The number of nitro benzene ring substituents is 1. The van der Waals surface area contributed by atoms with Gasteiger partial charge in [0.1, 0.15) is 11.7 Å². The van der Waals surface area contributed by atoms with Crippen LogP contribution in [-0.4, -0.2) is 21.9 Å². The van der Waals surface area contributed by atoms with Gasteiger partial charge in [-0.25, -0.2) is 4.79 Å². The quantitative estimate of drug-likeness (QED) is 0.492. The Morgan fingerprint density at radius 2 is 1.78 bits per heavy atom. The summed E-state index contributed by atoms with van der Waals surface area (Å²) in [6.07, 6.45) is -2.83. The van der Waals surface area contributed by atoms with Gasteiger partial charge in [-0.15, -0.1) is 0 Å². The molecule has 1 atom stereocenters. The van der Waals surface area contributed by atoms with Gasteiger partial charge in [-0.1, -0.05) is 36.4 Å². The maximum Gasteiger partial charge on any atom is 0.410 e. The van der Waals surface area contributed by atoms with Crippen molar-refractivity contribution in [1.82, 2.24) is 0 Å². The van der Waals surface area contributed by atoms with Crippen LogP contribution in [0.25, 0.3) is 0 Å². The fraction of sp³-hybridized carbons (Fsp3) is 0.0667. The van der Waals surface area contributed by atoms with E-state index in [1.165, 1.54) is 24.3 Å². The normalized spacial score (nSPS) is 11.5. The summed E-state index contributed by atoms with van der Waals surface area (Å²) in [5.74, 6) is -1.36. The van der Waals surface area contributed by atoms with Gasteiger partial charge in [0.15, 0.2) is 0 Å². The number of ether oxygens (including phenoxy) is 1. The highest BCUT2D eigenvalue weighted by atomic mass is 16.6. The predicted octanol–water partition coefficient (Wildman–Crippen LogP) is 1.97. The number of benzene rings is 2. The summed E-state index contributed by atoms with van der Waals surface area (Å²) < 4.78 is 4.55. The molecule has 0 aliphatic carbocycles. The summed E-state index contributed by atoms with van der Waals surface area (Å²) in [6.45, 7) is 0.